The Kier molecular flexibility index (Phi) is 7.11. The summed E-state index contributed by atoms with van der Waals surface area (Å²) in [7, 11) is -1.83. The lowest BCUT2D eigenvalue weighted by molar-refractivity contribution is -0.125. The number of benzene rings is 4. The summed E-state index contributed by atoms with van der Waals surface area (Å²) in [4.78, 5) is 54.9. The predicted molar refractivity (Wildman–Crippen MR) is 181 cm³/mol. The van der Waals surface area contributed by atoms with Gasteiger partial charge in [-0.2, -0.15) is 0 Å². The van der Waals surface area contributed by atoms with E-state index in [1.165, 1.54) is 42.5 Å². The molecule has 4 aliphatic rings. The first-order valence-corrected chi connectivity index (χ1v) is 16.4. The fourth-order valence-electron chi connectivity index (χ4n) is 8.38. The number of anilines is 2. The molecule has 2 aliphatic carbocycles. The van der Waals surface area contributed by atoms with E-state index in [1.807, 2.05) is 12.1 Å². The summed E-state index contributed by atoms with van der Waals surface area (Å²) in [6, 6.07) is 20.8. The smallest absolute Gasteiger partial charge is 0.488 e. The van der Waals surface area contributed by atoms with E-state index in [1.54, 1.807) is 24.3 Å². The van der Waals surface area contributed by atoms with Crippen LogP contribution in [-0.2, 0) is 19.2 Å². The summed E-state index contributed by atoms with van der Waals surface area (Å²) in [5.41, 5.74) is 1.01. The highest BCUT2D eigenvalue weighted by molar-refractivity contribution is 6.59. The Balaban J connectivity index is 1.33. The average Bonchev–Trinajstić information content (AvgIpc) is 3.43. The quantitative estimate of drug-likeness (QED) is 0.126. The van der Waals surface area contributed by atoms with Gasteiger partial charge in [-0.3, -0.25) is 24.1 Å². The monoisotopic (exact) mass is 698 g/mol. The van der Waals surface area contributed by atoms with Gasteiger partial charge in [0.05, 0.1) is 23.2 Å². The second-order valence-corrected chi connectivity index (χ2v) is 14.2. The van der Waals surface area contributed by atoms with Crippen LogP contribution < -0.4 is 15.3 Å². The van der Waals surface area contributed by atoms with E-state index in [-0.39, 0.29) is 41.0 Å². The van der Waals surface area contributed by atoms with E-state index in [4.69, 9.17) is 23.2 Å². The first-order chi connectivity index (χ1) is 23.4. The molecule has 13 heteroatoms. The number of carbonyl (C=O) groups excluding carboxylic acids is 4. The number of allylic oxidation sites excluding steroid dienone is 2. The van der Waals surface area contributed by atoms with Gasteiger partial charge < -0.3 is 15.2 Å². The number of phenols is 1. The van der Waals surface area contributed by atoms with Crippen molar-refractivity contribution in [1.29, 1.82) is 0 Å². The molecule has 246 valence electrons. The first-order valence-electron chi connectivity index (χ1n) is 15.7. The van der Waals surface area contributed by atoms with Crippen molar-refractivity contribution >= 4 is 81.6 Å². The number of carbonyl (C=O) groups is 4. The third-order valence-corrected chi connectivity index (χ3v) is 12.0. The summed E-state index contributed by atoms with van der Waals surface area (Å²) in [5.74, 6) is -7.59. The molecule has 4 amide bonds. The molecule has 1 saturated carbocycles. The number of imide groups is 2. The van der Waals surface area contributed by atoms with E-state index >= 15 is 0 Å². The first kappa shape index (κ1) is 31.7. The highest BCUT2D eigenvalue weighted by Crippen LogP contribution is 2.67. The van der Waals surface area contributed by atoms with Crippen molar-refractivity contribution in [2.75, 3.05) is 9.80 Å². The lowest BCUT2D eigenvalue weighted by Crippen LogP contribution is -2.60. The molecule has 6 unspecified atom stereocenters. The van der Waals surface area contributed by atoms with Gasteiger partial charge in [0, 0.05) is 11.5 Å². The molecule has 3 fully saturated rings. The number of hydrogen-bond donors (Lipinski definition) is 3. The third-order valence-electron chi connectivity index (χ3n) is 10.6. The number of halogens is 3. The normalized spacial score (nSPS) is 29.2. The second kappa shape index (κ2) is 11.0. The molecule has 2 saturated heterocycles. The van der Waals surface area contributed by atoms with Gasteiger partial charge in [0.15, 0.2) is 9.75 Å². The zero-order valence-corrected chi connectivity index (χ0v) is 27.0. The van der Waals surface area contributed by atoms with Gasteiger partial charge in [-0.05, 0) is 77.5 Å². The van der Waals surface area contributed by atoms with Gasteiger partial charge in [-0.1, -0.05) is 54.1 Å². The summed E-state index contributed by atoms with van der Waals surface area (Å²) in [6.45, 7) is 0. The highest BCUT2D eigenvalue weighted by atomic mass is 35.5. The van der Waals surface area contributed by atoms with Crippen LogP contribution in [0.3, 0.4) is 0 Å². The topological polar surface area (TPSA) is 135 Å². The van der Waals surface area contributed by atoms with Crippen LogP contribution in [-0.4, -0.2) is 55.7 Å². The number of nitrogens with zero attached hydrogens (tertiary/aromatic N) is 2. The highest BCUT2D eigenvalue weighted by Gasteiger charge is 2.77. The van der Waals surface area contributed by atoms with Crippen LogP contribution in [0, 0.1) is 23.6 Å². The number of rotatable bonds is 4. The van der Waals surface area contributed by atoms with Crippen LogP contribution in [0.1, 0.15) is 24.3 Å². The number of phenolic OH excluding ortho intramolecular Hbond substituents is 1. The molecule has 4 aromatic carbocycles. The number of aromatic hydroxyl groups is 1. The lowest BCUT2D eigenvalue weighted by Gasteiger charge is -2.51. The zero-order chi connectivity index (χ0) is 34.6. The molecule has 49 heavy (non-hydrogen) atoms. The average molecular weight is 699 g/mol. The zero-order valence-electron chi connectivity index (χ0n) is 25.5. The minimum absolute atomic E-state index is 0.0471. The number of hydrogen-bond acceptors (Lipinski definition) is 7. The fourth-order valence-corrected chi connectivity index (χ4v) is 9.30. The summed E-state index contributed by atoms with van der Waals surface area (Å²) in [6.07, 6.45) is 1.56. The van der Waals surface area contributed by atoms with E-state index in [9.17, 15) is 38.7 Å². The molecule has 0 aromatic heterocycles. The maximum absolute atomic E-state index is 14.7. The van der Waals surface area contributed by atoms with E-state index in [2.05, 4.69) is 0 Å². The molecule has 2 aliphatic heterocycles. The van der Waals surface area contributed by atoms with E-state index in [0.29, 0.717) is 16.3 Å². The number of fused-ring (bicyclic) bond motifs is 5. The van der Waals surface area contributed by atoms with Crippen LogP contribution in [0.15, 0.2) is 96.6 Å². The Morgan fingerprint density at radius 1 is 0.796 bits per heavy atom. The van der Waals surface area contributed by atoms with Crippen LogP contribution in [0.25, 0.3) is 10.8 Å². The maximum Gasteiger partial charge on any atom is 0.488 e. The molecule has 4 aromatic rings. The maximum atomic E-state index is 14.7. The SMILES string of the molecule is O=C1C2CC=C3C(CC4(Cl)C(=O)N(c5ccc(F)cc5)C(=O)C4(Cl)C3c3c(O)ccc4ccccc34)C2C(=O)N1c1cccc(B(O)O)c1. The molecule has 0 spiro atoms. The van der Waals surface area contributed by atoms with Crippen molar-refractivity contribution in [2.45, 2.75) is 28.5 Å². The van der Waals surface area contributed by atoms with Crippen molar-refractivity contribution in [3.05, 3.63) is 108 Å². The summed E-state index contributed by atoms with van der Waals surface area (Å²) in [5, 5.41) is 32.3. The van der Waals surface area contributed by atoms with Gasteiger partial charge in [-0.15, -0.1) is 23.2 Å². The van der Waals surface area contributed by atoms with Crippen molar-refractivity contribution in [2.24, 2.45) is 17.8 Å². The van der Waals surface area contributed by atoms with Crippen LogP contribution in [0.2, 0.25) is 0 Å². The fraction of sp³-hybridized carbons (Fsp3) is 0.222. The molecule has 3 N–H and O–H groups in total. The van der Waals surface area contributed by atoms with Crippen LogP contribution in [0.4, 0.5) is 15.8 Å². The molecule has 0 radical (unpaired) electrons. The van der Waals surface area contributed by atoms with Gasteiger partial charge in [0.1, 0.15) is 11.6 Å². The third kappa shape index (κ3) is 4.26. The standard InChI is InChI=1S/C36H26BCl2FN2O7/c38-35-17-26-24(13-14-25-28(26)32(45)41(31(25)44)22-6-3-5-19(16-22)37(48)49)30(29-23-7-2-1-4-18(23)8-15-27(29)43)36(35,39)34(47)42(33(35)46)21-11-9-20(40)10-12-21/h1-13,15-16,25-26,28,30,43,48-49H,14,17H2. The van der Waals surface area contributed by atoms with Crippen molar-refractivity contribution < 1.29 is 38.7 Å². The number of amides is 4. The molecule has 0 bridgehead atoms. The van der Waals surface area contributed by atoms with Crippen LogP contribution in [0.5, 0.6) is 5.75 Å². The largest absolute Gasteiger partial charge is 0.508 e. The Labute approximate surface area is 289 Å². The number of alkyl halides is 2. The Bertz CT molecular complexity index is 2160. The second-order valence-electron chi connectivity index (χ2n) is 13.0. The van der Waals surface area contributed by atoms with Gasteiger partial charge in [0.2, 0.25) is 11.8 Å². The minimum atomic E-state index is -2.21. The van der Waals surface area contributed by atoms with Crippen molar-refractivity contribution in [1.82, 2.24) is 0 Å². The Morgan fingerprint density at radius 2 is 1.53 bits per heavy atom. The molecule has 8 rings (SSSR count). The molecule has 2 heterocycles. The van der Waals surface area contributed by atoms with E-state index in [0.717, 1.165) is 21.9 Å². The van der Waals surface area contributed by atoms with Crippen molar-refractivity contribution in [3.8, 4) is 5.75 Å². The van der Waals surface area contributed by atoms with Gasteiger partial charge in [0.25, 0.3) is 11.8 Å². The molecular formula is C36H26BCl2FN2O7. The molecule has 6 atom stereocenters. The summed E-state index contributed by atoms with van der Waals surface area (Å²) >= 11 is 14.9. The Morgan fingerprint density at radius 3 is 2.27 bits per heavy atom. The molecule has 9 nitrogen and oxygen atoms in total. The van der Waals surface area contributed by atoms with Gasteiger partial charge >= 0.3 is 7.12 Å². The predicted octanol–water partition coefficient (Wildman–Crippen LogP) is 4.13. The Hall–Kier alpha value is -4.55. The summed E-state index contributed by atoms with van der Waals surface area (Å²) < 4.78 is 13.9. The lowest BCUT2D eigenvalue weighted by atomic mass is 9.56. The minimum Gasteiger partial charge on any atom is -0.508 e. The van der Waals surface area contributed by atoms with Crippen molar-refractivity contribution in [3.63, 3.8) is 0 Å². The molecular weight excluding hydrogens is 673 g/mol. The van der Waals surface area contributed by atoms with Crippen LogP contribution >= 0.6 is 23.2 Å². The van der Waals surface area contributed by atoms with Gasteiger partial charge in [-0.25, -0.2) is 9.29 Å². The van der Waals surface area contributed by atoms with E-state index < -0.39 is 70.0 Å².